The summed E-state index contributed by atoms with van der Waals surface area (Å²) < 4.78 is 14.1. The van der Waals surface area contributed by atoms with E-state index in [2.05, 4.69) is 15.3 Å². The largest absolute Gasteiger partial charge is 1.00 e. The average molecular weight is 509 g/mol. The summed E-state index contributed by atoms with van der Waals surface area (Å²) in [6, 6.07) is 7.60. The zero-order valence-corrected chi connectivity index (χ0v) is 19.1. The number of aliphatic hydroxyl groups is 2. The number of nitrogens with two attached hydrogens (primary N) is 1. The van der Waals surface area contributed by atoms with Gasteiger partial charge in [-0.3, -0.25) is 9.36 Å². The maximum Gasteiger partial charge on any atom is 0.252 e. The van der Waals surface area contributed by atoms with Crippen LogP contribution in [0, 0.1) is 0 Å². The van der Waals surface area contributed by atoms with Crippen molar-refractivity contribution in [3.05, 3.63) is 42.5 Å². The Bertz CT molecular complexity index is 1110. The molecule has 5 N–H and O–H groups in total. The summed E-state index contributed by atoms with van der Waals surface area (Å²) in [6.45, 7) is 2.59. The molecule has 3 aromatic rings. The maximum atomic E-state index is 12.1. The van der Waals surface area contributed by atoms with E-state index in [9.17, 15) is 15.0 Å². The number of nitrogens with zero attached hydrogens (tertiary/aromatic N) is 4. The number of hydrogen-bond donors (Lipinski definition) is 4. The van der Waals surface area contributed by atoms with Crippen molar-refractivity contribution in [2.75, 3.05) is 19.4 Å². The van der Waals surface area contributed by atoms with Gasteiger partial charge in [-0.2, -0.15) is 0 Å². The molecule has 1 amide bonds. The van der Waals surface area contributed by atoms with Crippen LogP contribution in [-0.4, -0.2) is 62.6 Å². The van der Waals surface area contributed by atoms with E-state index < -0.39 is 30.4 Å². The number of carbonyl (C=O) groups is 1. The number of likely N-dealkylation sites (N-methyl/N-ethyl adjacent to an activating group) is 1. The lowest BCUT2D eigenvalue weighted by Gasteiger charge is -2.15. The number of anilines is 1. The van der Waals surface area contributed by atoms with Crippen LogP contribution < -0.4 is 37.3 Å². The molecule has 3 heterocycles. The zero-order chi connectivity index (χ0) is 22.1. The number of rotatable bonds is 6. The third-order valence-electron chi connectivity index (χ3n) is 5.25. The summed E-state index contributed by atoms with van der Waals surface area (Å²) in [5.41, 5.74) is 8.08. The topological polar surface area (TPSA) is 149 Å². The van der Waals surface area contributed by atoms with Crippen LogP contribution in [0.25, 0.3) is 11.2 Å². The van der Waals surface area contributed by atoms with Crippen molar-refractivity contribution in [1.82, 2.24) is 19.9 Å². The first-order valence-electron chi connectivity index (χ1n) is 9.87. The van der Waals surface area contributed by atoms with Crippen molar-refractivity contribution in [3.8, 4) is 5.75 Å². The second-order valence-electron chi connectivity index (χ2n) is 7.26. The molecular weight excluding hydrogens is 484 g/mol. The van der Waals surface area contributed by atoms with Gasteiger partial charge in [-0.15, -0.1) is 0 Å². The fraction of sp³-hybridized carbons (Fsp3) is 0.400. The van der Waals surface area contributed by atoms with E-state index in [1.165, 1.54) is 10.9 Å². The van der Waals surface area contributed by atoms with Gasteiger partial charge < -0.3 is 47.7 Å². The summed E-state index contributed by atoms with van der Waals surface area (Å²) >= 11 is 0. The molecule has 1 fully saturated rings. The normalized spacial score (nSPS) is 22.5. The molecule has 0 radical (unpaired) electrons. The van der Waals surface area contributed by atoms with Crippen LogP contribution in [-0.2, 0) is 16.1 Å². The molecular formula is C20H25BrN6O5. The van der Waals surface area contributed by atoms with Crippen molar-refractivity contribution in [3.63, 3.8) is 0 Å². The van der Waals surface area contributed by atoms with Crippen LogP contribution in [0.3, 0.4) is 0 Å². The molecule has 0 saturated carbocycles. The first-order valence-corrected chi connectivity index (χ1v) is 9.87. The first-order chi connectivity index (χ1) is 14.9. The molecule has 1 aliphatic rings. The SMILES string of the molecule is CCNC(=O)[C@H]1O[C@@H](n2cnc3c(N)[n+](Cc4cccc(OC)c4)cnc32)[C@H](O)[C@@H]1O.[Br-]. The molecule has 1 saturated heterocycles. The van der Waals surface area contributed by atoms with E-state index in [4.69, 9.17) is 15.2 Å². The Hall–Kier alpha value is -2.80. The second-order valence-corrected chi connectivity index (χ2v) is 7.26. The molecule has 1 aliphatic heterocycles. The fourth-order valence-electron chi connectivity index (χ4n) is 3.65. The number of imidazole rings is 1. The minimum absolute atomic E-state index is 0. The average Bonchev–Trinajstić information content (AvgIpc) is 3.32. The Labute approximate surface area is 194 Å². The lowest BCUT2D eigenvalue weighted by molar-refractivity contribution is -0.675. The Kier molecular flexibility index (Phi) is 7.29. The minimum Gasteiger partial charge on any atom is -1.00 e. The quantitative estimate of drug-likeness (QED) is 0.247. The summed E-state index contributed by atoms with van der Waals surface area (Å²) in [7, 11) is 1.60. The molecule has 0 spiro atoms. The highest BCUT2D eigenvalue weighted by Crippen LogP contribution is 2.32. The van der Waals surface area contributed by atoms with Gasteiger partial charge in [-0.25, -0.2) is 9.55 Å². The number of methoxy groups -OCH3 is 1. The highest BCUT2D eigenvalue weighted by Gasteiger charge is 2.48. The summed E-state index contributed by atoms with van der Waals surface area (Å²) in [5.74, 6) is 0.618. The van der Waals surface area contributed by atoms with Gasteiger partial charge in [0.1, 0.15) is 24.3 Å². The number of halogens is 1. The van der Waals surface area contributed by atoms with Crippen molar-refractivity contribution >= 4 is 22.9 Å². The molecule has 4 rings (SSSR count). The number of fused-ring (bicyclic) bond motifs is 1. The predicted molar refractivity (Wildman–Crippen MR) is 109 cm³/mol. The van der Waals surface area contributed by atoms with Gasteiger partial charge in [0.15, 0.2) is 17.8 Å². The van der Waals surface area contributed by atoms with Crippen molar-refractivity contribution < 1.29 is 46.0 Å². The van der Waals surface area contributed by atoms with Gasteiger partial charge in [-0.05, 0) is 24.6 Å². The summed E-state index contributed by atoms with van der Waals surface area (Å²) in [6.07, 6.45) is -1.96. The van der Waals surface area contributed by atoms with Crippen LogP contribution in [0.1, 0.15) is 18.7 Å². The maximum absolute atomic E-state index is 12.1. The van der Waals surface area contributed by atoms with Crippen molar-refractivity contribution in [1.29, 1.82) is 0 Å². The highest BCUT2D eigenvalue weighted by molar-refractivity contribution is 5.82. The third-order valence-corrected chi connectivity index (χ3v) is 5.25. The molecule has 11 nitrogen and oxygen atoms in total. The van der Waals surface area contributed by atoms with Crippen molar-refractivity contribution in [2.45, 2.75) is 38.0 Å². The predicted octanol–water partition coefficient (Wildman–Crippen LogP) is -3.88. The van der Waals surface area contributed by atoms with Gasteiger partial charge in [-0.1, -0.05) is 17.1 Å². The Morgan fingerprint density at radius 3 is 2.84 bits per heavy atom. The minimum atomic E-state index is -1.38. The Morgan fingerprint density at radius 2 is 2.12 bits per heavy atom. The lowest BCUT2D eigenvalue weighted by atomic mass is 10.1. The number of hydrogen-bond acceptors (Lipinski definition) is 8. The number of aromatic nitrogens is 4. The van der Waals surface area contributed by atoms with Gasteiger partial charge in [0, 0.05) is 6.54 Å². The summed E-state index contributed by atoms with van der Waals surface area (Å²) in [4.78, 5) is 20.9. The molecule has 12 heteroatoms. The van der Waals surface area contributed by atoms with Gasteiger partial charge in [0.25, 0.3) is 11.7 Å². The molecule has 0 unspecified atom stereocenters. The van der Waals surface area contributed by atoms with Crippen LogP contribution in [0.5, 0.6) is 5.75 Å². The van der Waals surface area contributed by atoms with Crippen LogP contribution >= 0.6 is 0 Å². The number of aliphatic hydroxyl groups excluding tert-OH is 2. The number of nitrogen functional groups attached to an aromatic ring is 1. The molecule has 0 bridgehead atoms. The molecule has 4 atom stereocenters. The van der Waals surface area contributed by atoms with E-state index in [0.29, 0.717) is 30.1 Å². The van der Waals surface area contributed by atoms with E-state index >= 15 is 0 Å². The number of amides is 1. The molecule has 32 heavy (non-hydrogen) atoms. The number of carbonyl (C=O) groups excluding carboxylic acids is 1. The Balaban J connectivity index is 0.00000289. The van der Waals surface area contributed by atoms with E-state index in [0.717, 1.165) is 11.3 Å². The van der Waals surface area contributed by atoms with Crippen LogP contribution in [0.2, 0.25) is 0 Å². The number of nitrogens with one attached hydrogen (secondary N) is 1. The fourth-order valence-corrected chi connectivity index (χ4v) is 3.65. The molecule has 2 aromatic heterocycles. The number of benzene rings is 1. The van der Waals surface area contributed by atoms with Gasteiger partial charge in [0.2, 0.25) is 12.0 Å². The first kappa shape index (κ1) is 23.9. The van der Waals surface area contributed by atoms with Crippen LogP contribution in [0.4, 0.5) is 5.82 Å². The number of ether oxygens (including phenoxy) is 2. The second kappa shape index (κ2) is 9.77. The lowest BCUT2D eigenvalue weighted by Crippen LogP contribution is -3.00. The van der Waals surface area contributed by atoms with Crippen molar-refractivity contribution in [2.24, 2.45) is 0 Å². The highest BCUT2D eigenvalue weighted by atomic mass is 79.9. The third kappa shape index (κ3) is 4.26. The zero-order valence-electron chi connectivity index (χ0n) is 17.6. The van der Waals surface area contributed by atoms with E-state index in [-0.39, 0.29) is 17.0 Å². The molecule has 0 aliphatic carbocycles. The standard InChI is InChI=1S/C20H24N6O5.BrH/c1-3-22-19(29)16-14(27)15(28)20(31-16)26-10-23-13-17(21)25(9-24-18(13)26)8-11-5-4-6-12(7-11)30-2;/h4-7,9-10,14-16,20-21,27-28H,3,8H2,1-2H3,(H,22,29);1H/t14-,15+,16-,20+;/m0./s1. The van der Waals surface area contributed by atoms with Gasteiger partial charge >= 0.3 is 0 Å². The smallest absolute Gasteiger partial charge is 0.252 e. The molecule has 172 valence electrons. The van der Waals surface area contributed by atoms with Crippen LogP contribution in [0.15, 0.2) is 36.9 Å². The monoisotopic (exact) mass is 508 g/mol. The van der Waals surface area contributed by atoms with Gasteiger partial charge in [0.05, 0.1) is 13.7 Å². The van der Waals surface area contributed by atoms with E-state index in [1.54, 1.807) is 24.9 Å². The summed E-state index contributed by atoms with van der Waals surface area (Å²) in [5, 5.41) is 23.3. The Morgan fingerprint density at radius 1 is 1.34 bits per heavy atom. The van der Waals surface area contributed by atoms with E-state index in [1.807, 2.05) is 24.3 Å². The molecule has 1 aromatic carbocycles.